The van der Waals surface area contributed by atoms with Gasteiger partial charge in [0.2, 0.25) is 0 Å². The number of carbonyl (C=O) groups is 2. The van der Waals surface area contributed by atoms with Crippen LogP contribution in [0.25, 0.3) is 0 Å². The molecule has 2 rings (SSSR count). The first-order valence-corrected chi connectivity index (χ1v) is 5.70. The van der Waals surface area contributed by atoms with Gasteiger partial charge in [-0.1, -0.05) is 0 Å². The van der Waals surface area contributed by atoms with Gasteiger partial charge in [0.1, 0.15) is 5.82 Å². The third-order valence-electron chi connectivity index (χ3n) is 2.81. The second kappa shape index (κ2) is 5.75. The van der Waals surface area contributed by atoms with Crippen LogP contribution < -0.4 is 0 Å². The molecule has 0 N–H and O–H groups in total. The number of nitrogens with zero attached hydrogens (tertiary/aromatic N) is 2. The van der Waals surface area contributed by atoms with Gasteiger partial charge in [0.15, 0.2) is 6.04 Å². The maximum absolute atomic E-state index is 13.1. The Morgan fingerprint density at radius 3 is 3.00 bits per heavy atom. The van der Waals surface area contributed by atoms with Crippen LogP contribution in [0.1, 0.15) is 10.4 Å². The molecular formula is C12H13FN2O4. The lowest BCUT2D eigenvalue weighted by Gasteiger charge is -2.33. The van der Waals surface area contributed by atoms with E-state index in [0.29, 0.717) is 6.61 Å². The number of ether oxygens (including phenoxy) is 2. The van der Waals surface area contributed by atoms with E-state index in [-0.39, 0.29) is 18.7 Å². The zero-order chi connectivity index (χ0) is 13.8. The predicted octanol–water partition coefficient (Wildman–Crippen LogP) is 0.235. The van der Waals surface area contributed by atoms with Gasteiger partial charge in [-0.05, 0) is 6.07 Å². The van der Waals surface area contributed by atoms with Crippen molar-refractivity contribution in [2.24, 2.45) is 0 Å². The fourth-order valence-electron chi connectivity index (χ4n) is 1.87. The molecule has 1 aliphatic rings. The number of pyridine rings is 1. The number of hydrogen-bond acceptors (Lipinski definition) is 5. The number of morpholine rings is 1. The molecule has 102 valence electrons. The Hall–Kier alpha value is -2.02. The van der Waals surface area contributed by atoms with E-state index in [2.05, 4.69) is 9.72 Å². The average molecular weight is 268 g/mol. The van der Waals surface area contributed by atoms with Crippen LogP contribution in [0, 0.1) is 5.82 Å². The molecule has 0 aliphatic carbocycles. The zero-order valence-electron chi connectivity index (χ0n) is 10.3. The molecule has 1 amide bonds. The molecule has 1 saturated heterocycles. The van der Waals surface area contributed by atoms with E-state index >= 15 is 0 Å². The highest BCUT2D eigenvalue weighted by molar-refractivity contribution is 5.96. The standard InChI is InChI=1S/C12H13FN2O4/c1-18-12(17)10-7-19-3-2-15(10)11(16)8-4-9(13)6-14-5-8/h4-6,10H,2-3,7H2,1H3. The first-order chi connectivity index (χ1) is 9.13. The minimum Gasteiger partial charge on any atom is -0.467 e. The number of amides is 1. The molecule has 0 radical (unpaired) electrons. The Morgan fingerprint density at radius 2 is 2.32 bits per heavy atom. The van der Waals surface area contributed by atoms with Crippen LogP contribution in [0.5, 0.6) is 0 Å². The van der Waals surface area contributed by atoms with Crippen LogP contribution in [-0.2, 0) is 14.3 Å². The molecule has 0 spiro atoms. The maximum atomic E-state index is 13.1. The highest BCUT2D eigenvalue weighted by Crippen LogP contribution is 2.13. The quantitative estimate of drug-likeness (QED) is 0.718. The Balaban J connectivity index is 2.22. The highest BCUT2D eigenvalue weighted by atomic mass is 19.1. The SMILES string of the molecule is COC(=O)C1COCCN1C(=O)c1cncc(F)c1. The molecule has 1 fully saturated rings. The molecule has 0 saturated carbocycles. The van der Waals surface area contributed by atoms with E-state index in [1.165, 1.54) is 18.2 Å². The number of hydrogen-bond donors (Lipinski definition) is 0. The van der Waals surface area contributed by atoms with E-state index < -0.39 is 23.7 Å². The summed E-state index contributed by atoms with van der Waals surface area (Å²) in [5, 5.41) is 0. The summed E-state index contributed by atoms with van der Waals surface area (Å²) in [6.07, 6.45) is 2.27. The Morgan fingerprint density at radius 1 is 1.53 bits per heavy atom. The van der Waals surface area contributed by atoms with Crippen molar-refractivity contribution in [3.05, 3.63) is 29.8 Å². The molecular weight excluding hydrogens is 255 g/mol. The van der Waals surface area contributed by atoms with Crippen molar-refractivity contribution >= 4 is 11.9 Å². The third-order valence-corrected chi connectivity index (χ3v) is 2.81. The predicted molar refractivity (Wildman–Crippen MR) is 61.9 cm³/mol. The first-order valence-electron chi connectivity index (χ1n) is 5.70. The lowest BCUT2D eigenvalue weighted by atomic mass is 10.1. The van der Waals surface area contributed by atoms with E-state index in [4.69, 9.17) is 4.74 Å². The van der Waals surface area contributed by atoms with Crippen molar-refractivity contribution in [2.45, 2.75) is 6.04 Å². The van der Waals surface area contributed by atoms with E-state index in [9.17, 15) is 14.0 Å². The highest BCUT2D eigenvalue weighted by Gasteiger charge is 2.34. The minimum absolute atomic E-state index is 0.0706. The van der Waals surface area contributed by atoms with Gasteiger partial charge in [-0.25, -0.2) is 9.18 Å². The number of carbonyl (C=O) groups excluding carboxylic acids is 2. The summed E-state index contributed by atoms with van der Waals surface area (Å²) >= 11 is 0. The van der Waals surface area contributed by atoms with Gasteiger partial charge in [-0.3, -0.25) is 9.78 Å². The van der Waals surface area contributed by atoms with Crippen molar-refractivity contribution in [1.29, 1.82) is 0 Å². The minimum atomic E-state index is -0.811. The molecule has 19 heavy (non-hydrogen) atoms. The maximum Gasteiger partial charge on any atom is 0.331 e. The molecule has 1 aromatic rings. The van der Waals surface area contributed by atoms with Gasteiger partial charge in [0, 0.05) is 12.7 Å². The monoisotopic (exact) mass is 268 g/mol. The molecule has 1 aliphatic heterocycles. The van der Waals surface area contributed by atoms with E-state index in [1.807, 2.05) is 0 Å². The fraction of sp³-hybridized carbons (Fsp3) is 0.417. The average Bonchev–Trinajstić information content (AvgIpc) is 2.45. The van der Waals surface area contributed by atoms with Gasteiger partial charge in [-0.2, -0.15) is 0 Å². The Labute approximate surface area is 109 Å². The number of aromatic nitrogens is 1. The summed E-state index contributed by atoms with van der Waals surface area (Å²) in [6, 6.07) is 0.272. The van der Waals surface area contributed by atoms with Crippen LogP contribution in [-0.4, -0.2) is 54.7 Å². The Kier molecular flexibility index (Phi) is 4.06. The zero-order valence-corrected chi connectivity index (χ0v) is 10.3. The van der Waals surface area contributed by atoms with E-state index in [1.54, 1.807) is 0 Å². The van der Waals surface area contributed by atoms with Crippen LogP contribution >= 0.6 is 0 Å². The number of rotatable bonds is 2. The van der Waals surface area contributed by atoms with Crippen molar-refractivity contribution in [3.63, 3.8) is 0 Å². The second-order valence-electron chi connectivity index (χ2n) is 4.00. The number of esters is 1. The number of methoxy groups -OCH3 is 1. The molecule has 6 nitrogen and oxygen atoms in total. The summed E-state index contributed by atoms with van der Waals surface area (Å²) in [4.78, 5) is 28.8. The largest absolute Gasteiger partial charge is 0.467 e. The van der Waals surface area contributed by atoms with Crippen LogP contribution in [0.3, 0.4) is 0 Å². The molecule has 7 heteroatoms. The van der Waals surface area contributed by atoms with Gasteiger partial charge < -0.3 is 14.4 Å². The van der Waals surface area contributed by atoms with Crippen molar-refractivity contribution in [3.8, 4) is 0 Å². The van der Waals surface area contributed by atoms with Crippen molar-refractivity contribution in [1.82, 2.24) is 9.88 Å². The third kappa shape index (κ3) is 2.87. The van der Waals surface area contributed by atoms with Crippen LogP contribution in [0.2, 0.25) is 0 Å². The topological polar surface area (TPSA) is 68.7 Å². The first kappa shape index (κ1) is 13.4. The lowest BCUT2D eigenvalue weighted by molar-refractivity contribution is -0.151. The molecule has 2 heterocycles. The van der Waals surface area contributed by atoms with Gasteiger partial charge in [-0.15, -0.1) is 0 Å². The second-order valence-corrected chi connectivity index (χ2v) is 4.00. The Bertz CT molecular complexity index is 494. The van der Waals surface area contributed by atoms with Crippen LogP contribution in [0.15, 0.2) is 18.5 Å². The lowest BCUT2D eigenvalue weighted by Crippen LogP contribution is -2.53. The van der Waals surface area contributed by atoms with Gasteiger partial charge in [0.05, 0.1) is 32.1 Å². The van der Waals surface area contributed by atoms with Gasteiger partial charge in [0.25, 0.3) is 5.91 Å². The summed E-state index contributed by atoms with van der Waals surface area (Å²) in [5.74, 6) is -1.63. The van der Waals surface area contributed by atoms with Gasteiger partial charge >= 0.3 is 5.97 Å². The van der Waals surface area contributed by atoms with Crippen molar-refractivity contribution < 1.29 is 23.5 Å². The normalized spacial score (nSPS) is 19.1. The molecule has 1 aromatic heterocycles. The molecule has 1 atom stereocenters. The summed E-state index contributed by atoms with van der Waals surface area (Å²) in [5.41, 5.74) is 0.0933. The molecule has 1 unspecified atom stereocenters. The smallest absolute Gasteiger partial charge is 0.331 e. The van der Waals surface area contributed by atoms with E-state index in [0.717, 1.165) is 12.3 Å². The summed E-state index contributed by atoms with van der Waals surface area (Å²) < 4.78 is 22.9. The summed E-state index contributed by atoms with van der Waals surface area (Å²) in [7, 11) is 1.24. The summed E-state index contributed by atoms with van der Waals surface area (Å²) in [6.45, 7) is 0.637. The fourth-order valence-corrected chi connectivity index (χ4v) is 1.87. The number of halogens is 1. The van der Waals surface area contributed by atoms with Crippen LogP contribution in [0.4, 0.5) is 4.39 Å². The molecule has 0 aromatic carbocycles. The van der Waals surface area contributed by atoms with Crippen molar-refractivity contribution in [2.75, 3.05) is 26.9 Å². The molecule has 0 bridgehead atoms.